The van der Waals surface area contributed by atoms with Crippen LogP contribution in [0.15, 0.2) is 60.7 Å². The third-order valence-corrected chi connectivity index (χ3v) is 8.45. The maximum absolute atomic E-state index is 13.7. The molecule has 5 rings (SSSR count). The first-order valence-electron chi connectivity index (χ1n) is 15.0. The van der Waals surface area contributed by atoms with E-state index in [1.807, 2.05) is 74.2 Å². The van der Waals surface area contributed by atoms with E-state index in [1.165, 1.54) is 11.1 Å². The summed E-state index contributed by atoms with van der Waals surface area (Å²) >= 11 is 0. The molecule has 0 radical (unpaired) electrons. The van der Waals surface area contributed by atoms with Gasteiger partial charge in [-0.25, -0.2) is 0 Å². The molecule has 2 fully saturated rings. The number of benzene rings is 3. The maximum atomic E-state index is 13.7. The van der Waals surface area contributed by atoms with Crippen molar-refractivity contribution in [1.82, 2.24) is 9.80 Å². The number of para-hydroxylation sites is 2. The molecule has 1 atom stereocenters. The van der Waals surface area contributed by atoms with E-state index < -0.39 is 0 Å². The van der Waals surface area contributed by atoms with Crippen LogP contribution in [0.3, 0.4) is 0 Å². The quantitative estimate of drug-likeness (QED) is 0.384. The minimum absolute atomic E-state index is 0.0806. The Hall–Kier alpha value is -4.33. The summed E-state index contributed by atoms with van der Waals surface area (Å²) < 4.78 is 0. The molecule has 0 N–H and O–H groups in total. The maximum Gasteiger partial charge on any atom is 0.254 e. The number of aryl methyl sites for hydroxylation is 2. The van der Waals surface area contributed by atoms with Gasteiger partial charge in [-0.05, 0) is 67.8 Å². The standard InChI is InChI=1S/C33H36N6O.C2H6/c1-24-20-25(2)30(33(40)39-18-16-38(17-19-39)32-11-7-5-9-28(32)23-35)21-29(24)26(3)36-12-14-37(15-13-36)31-10-6-4-8-27(31)22-34;1-2/h4-11,20-21,26H,12-19H2,1-3H3;1-2H3. The summed E-state index contributed by atoms with van der Waals surface area (Å²) in [7, 11) is 0. The third kappa shape index (κ3) is 6.43. The van der Waals surface area contributed by atoms with Crippen LogP contribution in [0.25, 0.3) is 0 Å². The van der Waals surface area contributed by atoms with E-state index in [9.17, 15) is 15.3 Å². The average Bonchev–Trinajstić information content (AvgIpc) is 3.05. The SMILES string of the molecule is CC.Cc1cc(C)c(C(C)N2CCN(c3ccccc3C#N)CC2)cc1C(=O)N1CCN(c2ccccc2C#N)CC1. The molecule has 7 nitrogen and oxygen atoms in total. The minimum Gasteiger partial charge on any atom is -0.368 e. The number of hydrogen-bond acceptors (Lipinski definition) is 6. The van der Waals surface area contributed by atoms with Crippen LogP contribution in [0, 0.1) is 36.5 Å². The molecule has 0 saturated carbocycles. The van der Waals surface area contributed by atoms with Crippen molar-refractivity contribution < 1.29 is 4.79 Å². The Kier molecular flexibility index (Phi) is 10.2. The highest BCUT2D eigenvalue weighted by atomic mass is 16.2. The van der Waals surface area contributed by atoms with Gasteiger partial charge < -0.3 is 14.7 Å². The zero-order valence-electron chi connectivity index (χ0n) is 25.6. The lowest BCUT2D eigenvalue weighted by atomic mass is 9.94. The fourth-order valence-electron chi connectivity index (χ4n) is 6.10. The Morgan fingerprint density at radius 1 is 0.714 bits per heavy atom. The van der Waals surface area contributed by atoms with Gasteiger partial charge in [0.25, 0.3) is 5.91 Å². The van der Waals surface area contributed by atoms with E-state index in [0.717, 1.165) is 54.2 Å². The molecule has 2 heterocycles. The fourth-order valence-corrected chi connectivity index (χ4v) is 6.10. The van der Waals surface area contributed by atoms with Crippen molar-refractivity contribution in [2.24, 2.45) is 0 Å². The molecule has 3 aromatic rings. The van der Waals surface area contributed by atoms with E-state index in [4.69, 9.17) is 0 Å². The van der Waals surface area contributed by atoms with Gasteiger partial charge in [0.05, 0.1) is 22.5 Å². The number of hydrogen-bond donors (Lipinski definition) is 0. The summed E-state index contributed by atoms with van der Waals surface area (Å²) in [4.78, 5) is 22.6. The highest BCUT2D eigenvalue weighted by molar-refractivity contribution is 5.96. The number of rotatable bonds is 5. The second-order valence-corrected chi connectivity index (χ2v) is 10.8. The topological polar surface area (TPSA) is 77.6 Å². The van der Waals surface area contributed by atoms with Crippen LogP contribution in [0.2, 0.25) is 0 Å². The van der Waals surface area contributed by atoms with Crippen molar-refractivity contribution in [2.75, 3.05) is 62.2 Å². The van der Waals surface area contributed by atoms with Crippen LogP contribution in [0.1, 0.15) is 65.0 Å². The first-order valence-corrected chi connectivity index (χ1v) is 15.0. The van der Waals surface area contributed by atoms with Crippen LogP contribution in [-0.4, -0.2) is 68.1 Å². The summed E-state index contributed by atoms with van der Waals surface area (Å²) in [6.07, 6.45) is 0. The zero-order chi connectivity index (χ0) is 30.2. The van der Waals surface area contributed by atoms with Crippen LogP contribution in [0.5, 0.6) is 0 Å². The second-order valence-electron chi connectivity index (χ2n) is 10.8. The van der Waals surface area contributed by atoms with Crippen molar-refractivity contribution in [3.8, 4) is 12.1 Å². The van der Waals surface area contributed by atoms with E-state index in [1.54, 1.807) is 0 Å². The molecule has 3 aromatic carbocycles. The normalized spacial score (nSPS) is 16.1. The summed E-state index contributed by atoms with van der Waals surface area (Å²) in [5, 5.41) is 19.0. The summed E-state index contributed by atoms with van der Waals surface area (Å²) in [5.74, 6) is 0.0806. The molecule has 0 bridgehead atoms. The van der Waals surface area contributed by atoms with E-state index in [0.29, 0.717) is 31.7 Å². The Morgan fingerprint density at radius 2 is 1.19 bits per heavy atom. The molecule has 2 saturated heterocycles. The first kappa shape index (κ1) is 30.6. The Bertz CT molecular complexity index is 1470. The van der Waals surface area contributed by atoms with Crippen molar-refractivity contribution in [2.45, 2.75) is 40.7 Å². The lowest BCUT2D eigenvalue weighted by molar-refractivity contribution is 0.0745. The number of carbonyl (C=O) groups is 1. The van der Waals surface area contributed by atoms with E-state index >= 15 is 0 Å². The first-order chi connectivity index (χ1) is 20.4. The number of amides is 1. The molecule has 42 heavy (non-hydrogen) atoms. The molecule has 1 amide bonds. The second kappa shape index (κ2) is 14.0. The Balaban J connectivity index is 0.00000198. The van der Waals surface area contributed by atoms with Gasteiger partial charge in [-0.15, -0.1) is 0 Å². The Morgan fingerprint density at radius 3 is 1.69 bits per heavy atom. The highest BCUT2D eigenvalue weighted by Gasteiger charge is 2.28. The smallest absolute Gasteiger partial charge is 0.254 e. The van der Waals surface area contributed by atoms with Gasteiger partial charge in [0.2, 0.25) is 0 Å². The molecular weight excluding hydrogens is 520 g/mol. The van der Waals surface area contributed by atoms with Crippen molar-refractivity contribution >= 4 is 17.3 Å². The van der Waals surface area contributed by atoms with E-state index in [-0.39, 0.29) is 11.9 Å². The number of carbonyl (C=O) groups excluding carboxylic acids is 1. The Labute approximate surface area is 251 Å². The lowest BCUT2D eigenvalue weighted by Crippen LogP contribution is -2.49. The molecule has 0 spiro atoms. The number of anilines is 2. The largest absolute Gasteiger partial charge is 0.368 e. The van der Waals surface area contributed by atoms with Gasteiger partial charge in [0.1, 0.15) is 12.1 Å². The van der Waals surface area contributed by atoms with Gasteiger partial charge in [-0.1, -0.05) is 44.2 Å². The molecule has 2 aliphatic heterocycles. The van der Waals surface area contributed by atoms with E-state index in [2.05, 4.69) is 52.8 Å². The molecule has 0 aromatic heterocycles. The molecular formula is C35H42N6O. The number of nitrogens with zero attached hydrogens (tertiary/aromatic N) is 6. The average molecular weight is 563 g/mol. The van der Waals surface area contributed by atoms with Crippen molar-refractivity contribution in [3.05, 3.63) is 94.0 Å². The van der Waals surface area contributed by atoms with Gasteiger partial charge in [-0.2, -0.15) is 10.5 Å². The zero-order valence-corrected chi connectivity index (χ0v) is 25.6. The molecule has 1 unspecified atom stereocenters. The molecule has 7 heteroatoms. The highest BCUT2D eigenvalue weighted by Crippen LogP contribution is 2.30. The van der Waals surface area contributed by atoms with Crippen LogP contribution >= 0.6 is 0 Å². The van der Waals surface area contributed by atoms with Gasteiger partial charge in [0, 0.05) is 64.0 Å². The summed E-state index contributed by atoms with van der Waals surface area (Å²) in [6, 6.07) is 24.5. The van der Waals surface area contributed by atoms with Gasteiger partial charge >= 0.3 is 0 Å². The third-order valence-electron chi connectivity index (χ3n) is 8.45. The van der Waals surface area contributed by atoms with Gasteiger partial charge in [-0.3, -0.25) is 9.69 Å². The summed E-state index contributed by atoms with van der Waals surface area (Å²) in [5.41, 5.74) is 7.53. The summed E-state index contributed by atoms with van der Waals surface area (Å²) in [6.45, 7) is 16.6. The van der Waals surface area contributed by atoms with Crippen molar-refractivity contribution in [1.29, 1.82) is 10.5 Å². The fraction of sp³-hybridized carbons (Fsp3) is 0.400. The number of piperazine rings is 2. The monoisotopic (exact) mass is 562 g/mol. The van der Waals surface area contributed by atoms with Crippen LogP contribution < -0.4 is 9.80 Å². The molecule has 0 aliphatic carbocycles. The molecule has 2 aliphatic rings. The predicted molar refractivity (Wildman–Crippen MR) is 170 cm³/mol. The molecule has 218 valence electrons. The van der Waals surface area contributed by atoms with Crippen LogP contribution in [-0.2, 0) is 0 Å². The van der Waals surface area contributed by atoms with Gasteiger partial charge in [0.15, 0.2) is 0 Å². The number of nitriles is 2. The predicted octanol–water partition coefficient (Wildman–Crippen LogP) is 5.92. The van der Waals surface area contributed by atoms with Crippen molar-refractivity contribution in [3.63, 3.8) is 0 Å². The lowest BCUT2D eigenvalue weighted by Gasteiger charge is -2.40. The minimum atomic E-state index is 0.0806. The van der Waals surface area contributed by atoms with Crippen LogP contribution in [0.4, 0.5) is 11.4 Å².